The highest BCUT2D eigenvalue weighted by molar-refractivity contribution is 5.25. The van der Waals surface area contributed by atoms with Crippen molar-refractivity contribution in [2.75, 3.05) is 32.8 Å². The van der Waals surface area contributed by atoms with Crippen molar-refractivity contribution in [3.8, 4) is 0 Å². The Balaban J connectivity index is 1.90. The van der Waals surface area contributed by atoms with Gasteiger partial charge in [0.2, 0.25) is 0 Å². The molecule has 2 fully saturated rings. The molecule has 2 saturated heterocycles. The van der Waals surface area contributed by atoms with Gasteiger partial charge in [0.15, 0.2) is 0 Å². The van der Waals surface area contributed by atoms with Gasteiger partial charge in [-0.2, -0.15) is 0 Å². The normalized spacial score (nSPS) is 30.8. The van der Waals surface area contributed by atoms with Crippen LogP contribution in [0.25, 0.3) is 0 Å². The maximum atomic E-state index is 13.8. The van der Waals surface area contributed by atoms with Crippen LogP contribution in [-0.4, -0.2) is 76.2 Å². The quantitative estimate of drug-likeness (QED) is 0.631. The molecule has 0 spiro atoms. The fourth-order valence-electron chi connectivity index (χ4n) is 3.68. The van der Waals surface area contributed by atoms with E-state index in [4.69, 9.17) is 0 Å². The lowest BCUT2D eigenvalue weighted by Crippen LogP contribution is -2.55. The van der Waals surface area contributed by atoms with Crippen molar-refractivity contribution in [1.82, 2.24) is 9.80 Å². The van der Waals surface area contributed by atoms with Crippen LogP contribution >= 0.6 is 0 Å². The standard InChI is InChI=1S/C18H29FN2O3/c1-3-15(19)16(4-2)20-7-5-13(6-8-20)10-21-11-18(24)17(23)9-14(21)12-22/h3-4,13-14,17-18,22-24H,1-2,5-12H2/b16-15-/t14-,17?,18+/m1/s1. The van der Waals surface area contributed by atoms with Gasteiger partial charge in [-0.05, 0) is 37.3 Å². The highest BCUT2D eigenvalue weighted by atomic mass is 19.1. The predicted octanol–water partition coefficient (Wildman–Crippen LogP) is 1.04. The highest BCUT2D eigenvalue weighted by Crippen LogP contribution is 2.26. The van der Waals surface area contributed by atoms with Crippen LogP contribution in [0.15, 0.2) is 36.8 Å². The first-order chi connectivity index (χ1) is 11.5. The van der Waals surface area contributed by atoms with E-state index in [1.54, 1.807) is 0 Å². The molecule has 5 nitrogen and oxygen atoms in total. The average molecular weight is 340 g/mol. The number of likely N-dealkylation sites (tertiary alicyclic amines) is 2. The number of β-amino-alcohol motifs (C(OH)–C–C–N with tert-alkyl or cyclic N) is 1. The second kappa shape index (κ2) is 8.76. The summed E-state index contributed by atoms with van der Waals surface area (Å²) in [7, 11) is 0. The first-order valence-corrected chi connectivity index (χ1v) is 8.60. The molecule has 24 heavy (non-hydrogen) atoms. The Morgan fingerprint density at radius 3 is 2.33 bits per heavy atom. The maximum Gasteiger partial charge on any atom is 0.145 e. The molecule has 0 aromatic rings. The molecule has 0 amide bonds. The zero-order chi connectivity index (χ0) is 17.7. The molecule has 2 heterocycles. The number of hydrogen-bond donors (Lipinski definition) is 3. The Hall–Kier alpha value is -1.21. The lowest BCUT2D eigenvalue weighted by atomic mass is 9.91. The Morgan fingerprint density at radius 2 is 1.79 bits per heavy atom. The number of rotatable bonds is 6. The number of halogens is 1. The molecule has 0 aliphatic carbocycles. The van der Waals surface area contributed by atoms with Gasteiger partial charge in [0, 0.05) is 32.2 Å². The van der Waals surface area contributed by atoms with Crippen LogP contribution in [0.5, 0.6) is 0 Å². The summed E-state index contributed by atoms with van der Waals surface area (Å²) in [5, 5.41) is 29.1. The number of aliphatic hydroxyl groups is 3. The Bertz CT molecular complexity index is 475. The molecular weight excluding hydrogens is 311 g/mol. The molecule has 2 aliphatic heterocycles. The van der Waals surface area contributed by atoms with Crippen molar-refractivity contribution in [2.45, 2.75) is 37.5 Å². The summed E-state index contributed by atoms with van der Waals surface area (Å²) in [4.78, 5) is 4.06. The van der Waals surface area contributed by atoms with E-state index in [0.717, 1.165) is 32.5 Å². The third-order valence-corrected chi connectivity index (χ3v) is 5.17. The molecule has 2 rings (SSSR count). The van der Waals surface area contributed by atoms with Crippen molar-refractivity contribution < 1.29 is 19.7 Å². The molecule has 6 heteroatoms. The number of allylic oxidation sites excluding steroid dienone is 3. The maximum absolute atomic E-state index is 13.8. The predicted molar refractivity (Wildman–Crippen MR) is 91.9 cm³/mol. The van der Waals surface area contributed by atoms with Crippen molar-refractivity contribution in [3.63, 3.8) is 0 Å². The van der Waals surface area contributed by atoms with Crippen LogP contribution in [-0.2, 0) is 0 Å². The SMILES string of the molecule is C=C/C(F)=C(\C=C)N1CCC(CN2C[C@H](O)C(O)C[C@@H]2CO)CC1. The van der Waals surface area contributed by atoms with Crippen LogP contribution in [0.2, 0.25) is 0 Å². The molecule has 0 aromatic heterocycles. The monoisotopic (exact) mass is 340 g/mol. The van der Waals surface area contributed by atoms with E-state index >= 15 is 0 Å². The van der Waals surface area contributed by atoms with E-state index in [1.165, 1.54) is 12.2 Å². The molecule has 3 atom stereocenters. The molecule has 0 saturated carbocycles. The zero-order valence-electron chi connectivity index (χ0n) is 14.1. The summed E-state index contributed by atoms with van der Waals surface area (Å²) in [6.07, 6.45) is 3.43. The fraction of sp³-hybridized carbons (Fsp3) is 0.667. The topological polar surface area (TPSA) is 67.2 Å². The van der Waals surface area contributed by atoms with Crippen molar-refractivity contribution in [2.24, 2.45) is 5.92 Å². The highest BCUT2D eigenvalue weighted by Gasteiger charge is 2.34. The van der Waals surface area contributed by atoms with Gasteiger partial charge in [0.25, 0.3) is 0 Å². The molecule has 0 radical (unpaired) electrons. The third-order valence-electron chi connectivity index (χ3n) is 5.17. The smallest absolute Gasteiger partial charge is 0.145 e. The van der Waals surface area contributed by atoms with Crippen LogP contribution in [0.4, 0.5) is 4.39 Å². The summed E-state index contributed by atoms with van der Waals surface area (Å²) < 4.78 is 13.8. The average Bonchev–Trinajstić information content (AvgIpc) is 2.59. The molecule has 2 aliphatic rings. The van der Waals surface area contributed by atoms with Gasteiger partial charge in [-0.3, -0.25) is 4.90 Å². The van der Waals surface area contributed by atoms with E-state index in [-0.39, 0.29) is 18.5 Å². The number of nitrogens with zero attached hydrogens (tertiary/aromatic N) is 2. The summed E-state index contributed by atoms with van der Waals surface area (Å²) in [6.45, 7) is 9.78. The molecular formula is C18H29FN2O3. The van der Waals surface area contributed by atoms with Gasteiger partial charge >= 0.3 is 0 Å². The van der Waals surface area contributed by atoms with E-state index in [1.807, 2.05) is 4.90 Å². The number of aliphatic hydroxyl groups excluding tert-OH is 3. The summed E-state index contributed by atoms with van der Waals surface area (Å²) >= 11 is 0. The van der Waals surface area contributed by atoms with Gasteiger partial charge in [-0.15, -0.1) is 0 Å². The van der Waals surface area contributed by atoms with Crippen LogP contribution in [0.1, 0.15) is 19.3 Å². The molecule has 0 aromatic carbocycles. The van der Waals surface area contributed by atoms with Gasteiger partial charge < -0.3 is 20.2 Å². The zero-order valence-corrected chi connectivity index (χ0v) is 14.1. The van der Waals surface area contributed by atoms with Crippen molar-refractivity contribution >= 4 is 0 Å². The fourth-order valence-corrected chi connectivity index (χ4v) is 3.68. The van der Waals surface area contributed by atoms with E-state index in [2.05, 4.69) is 18.1 Å². The largest absolute Gasteiger partial charge is 0.395 e. The number of piperidine rings is 2. The second-order valence-electron chi connectivity index (χ2n) is 6.73. The van der Waals surface area contributed by atoms with Crippen molar-refractivity contribution in [3.05, 3.63) is 36.8 Å². The first-order valence-electron chi connectivity index (χ1n) is 8.60. The summed E-state index contributed by atoms with van der Waals surface area (Å²) in [5.74, 6) is 0.0764. The van der Waals surface area contributed by atoms with Gasteiger partial charge in [-0.1, -0.05) is 13.2 Å². The minimum Gasteiger partial charge on any atom is -0.395 e. The summed E-state index contributed by atoms with van der Waals surface area (Å²) in [5.41, 5.74) is 0.494. The van der Waals surface area contributed by atoms with E-state index in [9.17, 15) is 19.7 Å². The third kappa shape index (κ3) is 4.45. The molecule has 1 unspecified atom stereocenters. The van der Waals surface area contributed by atoms with Crippen LogP contribution in [0, 0.1) is 5.92 Å². The Kier molecular flexibility index (Phi) is 6.98. The molecule has 0 bridgehead atoms. The lowest BCUT2D eigenvalue weighted by Gasteiger charge is -2.43. The van der Waals surface area contributed by atoms with E-state index < -0.39 is 12.2 Å². The van der Waals surface area contributed by atoms with Gasteiger partial charge in [0.05, 0.1) is 24.5 Å². The molecule has 136 valence electrons. The first kappa shape index (κ1) is 19.1. The van der Waals surface area contributed by atoms with Gasteiger partial charge in [0.1, 0.15) is 5.83 Å². The molecule has 3 N–H and O–H groups in total. The van der Waals surface area contributed by atoms with Crippen molar-refractivity contribution in [1.29, 1.82) is 0 Å². The minimum atomic E-state index is -0.762. The van der Waals surface area contributed by atoms with Crippen LogP contribution < -0.4 is 0 Å². The van der Waals surface area contributed by atoms with Crippen LogP contribution in [0.3, 0.4) is 0 Å². The minimum absolute atomic E-state index is 0.0173. The Labute approximate surface area is 143 Å². The van der Waals surface area contributed by atoms with Gasteiger partial charge in [-0.25, -0.2) is 4.39 Å². The number of hydrogen-bond acceptors (Lipinski definition) is 5. The second-order valence-corrected chi connectivity index (χ2v) is 6.73. The lowest BCUT2D eigenvalue weighted by molar-refractivity contribution is -0.0761. The summed E-state index contributed by atoms with van der Waals surface area (Å²) in [6, 6.07) is -0.108. The van der Waals surface area contributed by atoms with E-state index in [0.29, 0.717) is 24.6 Å². The Morgan fingerprint density at radius 1 is 1.12 bits per heavy atom.